The second kappa shape index (κ2) is 12.7. The topological polar surface area (TPSA) is 160 Å². The maximum Gasteiger partial charge on any atom is 0.242 e. The SMILES string of the molecule is Cc1cc(O)cc(C)c1CC(N)C(=O)NC(C)C(=O)NCC(Cc1ccccc1)NC(=O)CN. The summed E-state index contributed by atoms with van der Waals surface area (Å²) in [7, 11) is 0. The normalized spacial score (nSPS) is 13.4. The first-order valence-electron chi connectivity index (χ1n) is 11.3. The number of hydrogen-bond acceptors (Lipinski definition) is 6. The molecule has 8 N–H and O–H groups in total. The molecule has 0 bridgehead atoms. The van der Waals surface area contributed by atoms with Crippen LogP contribution in [-0.4, -0.2) is 54.0 Å². The average Bonchev–Trinajstić information content (AvgIpc) is 2.79. The van der Waals surface area contributed by atoms with E-state index in [1.165, 1.54) is 0 Å². The van der Waals surface area contributed by atoms with Gasteiger partial charge >= 0.3 is 0 Å². The van der Waals surface area contributed by atoms with E-state index in [0.29, 0.717) is 6.42 Å². The Morgan fingerprint density at radius 1 is 0.971 bits per heavy atom. The molecular formula is C25H35N5O4. The fraction of sp³-hybridized carbons (Fsp3) is 0.400. The molecule has 0 saturated carbocycles. The van der Waals surface area contributed by atoms with Gasteiger partial charge in [-0.3, -0.25) is 14.4 Å². The van der Waals surface area contributed by atoms with Crippen LogP contribution < -0.4 is 27.4 Å². The van der Waals surface area contributed by atoms with Gasteiger partial charge in [-0.05, 0) is 68.0 Å². The van der Waals surface area contributed by atoms with Gasteiger partial charge in [0, 0.05) is 6.54 Å². The molecule has 3 unspecified atom stereocenters. The Bertz CT molecular complexity index is 973. The fourth-order valence-electron chi connectivity index (χ4n) is 3.73. The van der Waals surface area contributed by atoms with Crippen molar-refractivity contribution in [3.8, 4) is 5.75 Å². The molecule has 0 aliphatic heterocycles. The summed E-state index contributed by atoms with van der Waals surface area (Å²) >= 11 is 0. The van der Waals surface area contributed by atoms with E-state index in [4.69, 9.17) is 11.5 Å². The van der Waals surface area contributed by atoms with E-state index in [0.717, 1.165) is 22.3 Å². The van der Waals surface area contributed by atoms with Gasteiger partial charge in [0.15, 0.2) is 0 Å². The molecule has 0 radical (unpaired) electrons. The van der Waals surface area contributed by atoms with Crippen LogP contribution in [0.5, 0.6) is 5.75 Å². The Morgan fingerprint density at radius 3 is 2.18 bits per heavy atom. The van der Waals surface area contributed by atoms with Gasteiger partial charge in [0.1, 0.15) is 11.8 Å². The van der Waals surface area contributed by atoms with E-state index in [1.807, 2.05) is 44.2 Å². The minimum absolute atomic E-state index is 0.149. The van der Waals surface area contributed by atoms with Gasteiger partial charge in [0.25, 0.3) is 0 Å². The molecule has 0 heterocycles. The molecular weight excluding hydrogens is 434 g/mol. The van der Waals surface area contributed by atoms with Crippen LogP contribution in [0.15, 0.2) is 42.5 Å². The molecule has 0 saturated heterocycles. The third kappa shape index (κ3) is 8.17. The van der Waals surface area contributed by atoms with E-state index in [9.17, 15) is 19.5 Å². The van der Waals surface area contributed by atoms with Gasteiger partial charge in [-0.15, -0.1) is 0 Å². The second-order valence-corrected chi connectivity index (χ2v) is 8.50. The van der Waals surface area contributed by atoms with Crippen molar-refractivity contribution in [2.45, 2.75) is 51.7 Å². The number of amides is 3. The molecule has 3 amide bonds. The third-order valence-electron chi connectivity index (χ3n) is 5.59. The minimum Gasteiger partial charge on any atom is -0.508 e. The highest BCUT2D eigenvalue weighted by molar-refractivity contribution is 5.89. The predicted molar refractivity (Wildman–Crippen MR) is 131 cm³/mol. The van der Waals surface area contributed by atoms with Crippen LogP contribution in [0.4, 0.5) is 0 Å². The Morgan fingerprint density at radius 2 is 1.59 bits per heavy atom. The highest BCUT2D eigenvalue weighted by Gasteiger charge is 2.22. The maximum absolute atomic E-state index is 12.6. The number of nitrogens with one attached hydrogen (secondary N) is 3. The number of benzene rings is 2. The van der Waals surface area contributed by atoms with Crippen LogP contribution in [0.25, 0.3) is 0 Å². The molecule has 34 heavy (non-hydrogen) atoms. The number of hydrogen-bond donors (Lipinski definition) is 6. The lowest BCUT2D eigenvalue weighted by atomic mass is 9.96. The van der Waals surface area contributed by atoms with Crippen LogP contribution in [0.2, 0.25) is 0 Å². The Labute approximate surface area is 200 Å². The molecule has 9 heteroatoms. The second-order valence-electron chi connectivity index (χ2n) is 8.50. The molecule has 0 fully saturated rings. The van der Waals surface area contributed by atoms with Crippen LogP contribution in [0.1, 0.15) is 29.2 Å². The van der Waals surface area contributed by atoms with E-state index in [-0.39, 0.29) is 37.2 Å². The molecule has 184 valence electrons. The minimum atomic E-state index is -0.855. The highest BCUT2D eigenvalue weighted by atomic mass is 16.3. The number of nitrogens with two attached hydrogens (primary N) is 2. The third-order valence-corrected chi connectivity index (χ3v) is 5.59. The first kappa shape index (κ1) is 26.8. The lowest BCUT2D eigenvalue weighted by Crippen LogP contribution is -2.53. The molecule has 0 aliphatic carbocycles. The molecule has 3 atom stereocenters. The van der Waals surface area contributed by atoms with Crippen LogP contribution in [0, 0.1) is 13.8 Å². The van der Waals surface area contributed by atoms with Crippen LogP contribution >= 0.6 is 0 Å². The predicted octanol–water partition coefficient (Wildman–Crippen LogP) is 0.186. The highest BCUT2D eigenvalue weighted by Crippen LogP contribution is 2.21. The first-order valence-corrected chi connectivity index (χ1v) is 11.3. The molecule has 2 rings (SSSR count). The number of rotatable bonds is 11. The lowest BCUT2D eigenvalue weighted by molar-refractivity contribution is -0.129. The van der Waals surface area contributed by atoms with Crippen molar-refractivity contribution in [3.63, 3.8) is 0 Å². The lowest BCUT2D eigenvalue weighted by Gasteiger charge is -2.22. The number of aryl methyl sites for hydroxylation is 2. The summed E-state index contributed by atoms with van der Waals surface area (Å²) in [6.07, 6.45) is 0.798. The summed E-state index contributed by atoms with van der Waals surface area (Å²) in [4.78, 5) is 37.0. The van der Waals surface area contributed by atoms with Crippen molar-refractivity contribution < 1.29 is 19.5 Å². The molecule has 9 nitrogen and oxygen atoms in total. The largest absolute Gasteiger partial charge is 0.508 e. The number of carbonyl (C=O) groups is 3. The fourth-order valence-corrected chi connectivity index (χ4v) is 3.73. The van der Waals surface area contributed by atoms with Crippen LogP contribution in [-0.2, 0) is 27.2 Å². The monoisotopic (exact) mass is 469 g/mol. The summed E-state index contributed by atoms with van der Waals surface area (Å²) in [5.41, 5.74) is 15.1. The zero-order valence-corrected chi connectivity index (χ0v) is 19.9. The Hall–Kier alpha value is -3.43. The van der Waals surface area contributed by atoms with Crippen LogP contribution in [0.3, 0.4) is 0 Å². The van der Waals surface area contributed by atoms with Crippen molar-refractivity contribution in [2.24, 2.45) is 11.5 Å². The molecule has 2 aromatic rings. The van der Waals surface area contributed by atoms with Gasteiger partial charge in [0.2, 0.25) is 17.7 Å². The Kier molecular flexibility index (Phi) is 10.0. The number of carbonyl (C=O) groups excluding carboxylic acids is 3. The Balaban J connectivity index is 1.91. The average molecular weight is 470 g/mol. The van der Waals surface area contributed by atoms with Gasteiger partial charge < -0.3 is 32.5 Å². The van der Waals surface area contributed by atoms with Crippen molar-refractivity contribution in [3.05, 3.63) is 64.7 Å². The standard InChI is InChI=1S/C25H35N5O4/c1-15-9-20(31)10-16(2)21(15)12-22(27)25(34)29-17(3)24(33)28-14-19(30-23(32)13-26)11-18-7-5-4-6-8-18/h4-10,17,19,22,31H,11-14,26-27H2,1-3H3,(H,28,33)(H,29,34)(H,30,32). The van der Waals surface area contributed by atoms with E-state index in [2.05, 4.69) is 16.0 Å². The van der Waals surface area contributed by atoms with E-state index in [1.54, 1.807) is 19.1 Å². The zero-order valence-electron chi connectivity index (χ0n) is 19.9. The summed E-state index contributed by atoms with van der Waals surface area (Å²) < 4.78 is 0. The summed E-state index contributed by atoms with van der Waals surface area (Å²) in [6, 6.07) is 10.8. The number of aromatic hydroxyl groups is 1. The van der Waals surface area contributed by atoms with Crippen molar-refractivity contribution in [2.75, 3.05) is 13.1 Å². The van der Waals surface area contributed by atoms with E-state index < -0.39 is 23.9 Å². The van der Waals surface area contributed by atoms with Crippen molar-refractivity contribution in [1.82, 2.24) is 16.0 Å². The smallest absolute Gasteiger partial charge is 0.242 e. The van der Waals surface area contributed by atoms with E-state index >= 15 is 0 Å². The molecule has 0 spiro atoms. The first-order chi connectivity index (χ1) is 16.1. The van der Waals surface area contributed by atoms with Gasteiger partial charge in [-0.2, -0.15) is 0 Å². The maximum atomic E-state index is 12.6. The number of phenolic OH excluding ortho intramolecular Hbond substituents is 1. The molecule has 2 aromatic carbocycles. The van der Waals surface area contributed by atoms with Crippen molar-refractivity contribution >= 4 is 17.7 Å². The molecule has 0 aliphatic rings. The summed E-state index contributed by atoms with van der Waals surface area (Å²) in [5.74, 6) is -0.998. The zero-order chi connectivity index (χ0) is 25.3. The van der Waals surface area contributed by atoms with Gasteiger partial charge in [-0.25, -0.2) is 0 Å². The van der Waals surface area contributed by atoms with Crippen molar-refractivity contribution in [1.29, 1.82) is 0 Å². The summed E-state index contributed by atoms with van der Waals surface area (Å²) in [6.45, 7) is 5.29. The van der Waals surface area contributed by atoms with Gasteiger partial charge in [-0.1, -0.05) is 30.3 Å². The summed E-state index contributed by atoms with van der Waals surface area (Å²) in [5, 5.41) is 17.9. The number of phenols is 1. The molecule has 0 aromatic heterocycles. The van der Waals surface area contributed by atoms with Gasteiger partial charge in [0.05, 0.1) is 18.6 Å². The quantitative estimate of drug-likeness (QED) is 0.275.